The second-order valence-corrected chi connectivity index (χ2v) is 5.62. The van der Waals surface area contributed by atoms with Crippen LogP contribution in [0, 0.1) is 11.6 Å². The smallest absolute Gasteiger partial charge is 0.128 e. The molecule has 0 saturated heterocycles. The highest BCUT2D eigenvalue weighted by Gasteiger charge is 2.39. The van der Waals surface area contributed by atoms with E-state index in [4.69, 9.17) is 4.74 Å². The van der Waals surface area contributed by atoms with Crippen LogP contribution in [0.15, 0.2) is 18.2 Å². The van der Waals surface area contributed by atoms with Gasteiger partial charge >= 0.3 is 0 Å². The maximum Gasteiger partial charge on any atom is 0.128 e. The van der Waals surface area contributed by atoms with Crippen molar-refractivity contribution in [3.05, 3.63) is 35.4 Å². The van der Waals surface area contributed by atoms with Crippen molar-refractivity contribution >= 4 is 0 Å². The molecule has 1 aliphatic carbocycles. The molecule has 112 valence electrons. The Balaban J connectivity index is 2.20. The van der Waals surface area contributed by atoms with Crippen molar-refractivity contribution in [1.29, 1.82) is 0 Å². The number of hydrogen-bond acceptors (Lipinski definition) is 2. The van der Waals surface area contributed by atoms with E-state index in [1.165, 1.54) is 12.1 Å². The van der Waals surface area contributed by atoms with E-state index >= 15 is 0 Å². The number of nitrogens with one attached hydrogen (secondary N) is 1. The Kier molecular flexibility index (Phi) is 5.11. The van der Waals surface area contributed by atoms with Gasteiger partial charge in [0.15, 0.2) is 0 Å². The molecule has 1 N–H and O–H groups in total. The Bertz CT molecular complexity index is 441. The summed E-state index contributed by atoms with van der Waals surface area (Å²) < 4.78 is 33.0. The molecule has 2 nitrogen and oxygen atoms in total. The van der Waals surface area contributed by atoms with Gasteiger partial charge in [0, 0.05) is 18.7 Å². The Labute approximate surface area is 119 Å². The van der Waals surface area contributed by atoms with Crippen LogP contribution >= 0.6 is 0 Å². The first kappa shape index (κ1) is 15.4. The van der Waals surface area contributed by atoms with Crippen LogP contribution in [-0.4, -0.2) is 19.3 Å². The standard InChI is InChI=1S/C16H23F2NO/c1-3-9-19-15(11-16(20-2)7-4-8-16)13-10-12(17)5-6-14(13)18/h5-6,10,15,19H,3-4,7-9,11H2,1-2H3. The Morgan fingerprint density at radius 1 is 1.35 bits per heavy atom. The normalized spacial score (nSPS) is 18.6. The van der Waals surface area contributed by atoms with Gasteiger partial charge in [0.2, 0.25) is 0 Å². The zero-order chi connectivity index (χ0) is 14.6. The summed E-state index contributed by atoms with van der Waals surface area (Å²) >= 11 is 0. The Morgan fingerprint density at radius 2 is 2.10 bits per heavy atom. The molecule has 1 aliphatic rings. The van der Waals surface area contributed by atoms with Gasteiger partial charge in [0.1, 0.15) is 11.6 Å². The van der Waals surface area contributed by atoms with Gasteiger partial charge in [-0.2, -0.15) is 0 Å². The second-order valence-electron chi connectivity index (χ2n) is 5.62. The third kappa shape index (κ3) is 3.36. The fourth-order valence-corrected chi connectivity index (χ4v) is 2.83. The molecular formula is C16H23F2NO. The summed E-state index contributed by atoms with van der Waals surface area (Å²) in [6, 6.07) is 3.45. The van der Waals surface area contributed by atoms with E-state index < -0.39 is 5.82 Å². The summed E-state index contributed by atoms with van der Waals surface area (Å²) in [5.41, 5.74) is 0.228. The molecule has 1 aromatic carbocycles. The lowest BCUT2D eigenvalue weighted by atomic mass is 9.74. The number of hydrogen-bond donors (Lipinski definition) is 1. The number of ether oxygens (including phenoxy) is 1. The lowest BCUT2D eigenvalue weighted by molar-refractivity contribution is -0.0839. The number of halogens is 2. The van der Waals surface area contributed by atoms with E-state index in [1.54, 1.807) is 7.11 Å². The van der Waals surface area contributed by atoms with Gasteiger partial charge < -0.3 is 10.1 Å². The number of rotatable bonds is 7. The summed E-state index contributed by atoms with van der Waals surface area (Å²) in [7, 11) is 1.71. The monoisotopic (exact) mass is 283 g/mol. The van der Waals surface area contributed by atoms with Crippen molar-refractivity contribution in [1.82, 2.24) is 5.32 Å². The number of methoxy groups -OCH3 is 1. The molecule has 4 heteroatoms. The van der Waals surface area contributed by atoms with Gasteiger partial charge in [-0.1, -0.05) is 6.92 Å². The van der Waals surface area contributed by atoms with Gasteiger partial charge in [-0.25, -0.2) is 8.78 Å². The van der Waals surface area contributed by atoms with Crippen LogP contribution < -0.4 is 5.32 Å². The number of benzene rings is 1. The molecule has 1 unspecified atom stereocenters. The highest BCUT2D eigenvalue weighted by Crippen LogP contribution is 2.42. The average molecular weight is 283 g/mol. The third-order valence-corrected chi connectivity index (χ3v) is 4.25. The fraction of sp³-hybridized carbons (Fsp3) is 0.625. The molecule has 1 atom stereocenters. The summed E-state index contributed by atoms with van der Waals surface area (Å²) in [5.74, 6) is -0.754. The van der Waals surface area contributed by atoms with E-state index in [9.17, 15) is 8.78 Å². The minimum Gasteiger partial charge on any atom is -0.378 e. The van der Waals surface area contributed by atoms with Crippen molar-refractivity contribution < 1.29 is 13.5 Å². The summed E-state index contributed by atoms with van der Waals surface area (Å²) in [6.45, 7) is 2.84. The summed E-state index contributed by atoms with van der Waals surface area (Å²) in [5, 5.41) is 3.33. The van der Waals surface area contributed by atoms with Gasteiger partial charge in [0.25, 0.3) is 0 Å². The molecule has 1 fully saturated rings. The first-order chi connectivity index (χ1) is 9.60. The molecule has 0 aliphatic heterocycles. The van der Waals surface area contributed by atoms with Gasteiger partial charge in [-0.15, -0.1) is 0 Å². The van der Waals surface area contributed by atoms with Crippen LogP contribution in [0.4, 0.5) is 8.78 Å². The maximum atomic E-state index is 14.0. The first-order valence-electron chi connectivity index (χ1n) is 7.34. The summed E-state index contributed by atoms with van der Waals surface area (Å²) in [4.78, 5) is 0. The SMILES string of the molecule is CCCNC(CC1(OC)CCC1)c1cc(F)ccc1F. The van der Waals surface area contributed by atoms with Gasteiger partial charge in [-0.3, -0.25) is 0 Å². The quantitative estimate of drug-likeness (QED) is 0.817. The molecule has 20 heavy (non-hydrogen) atoms. The van der Waals surface area contributed by atoms with Crippen molar-refractivity contribution in [2.24, 2.45) is 0 Å². The average Bonchev–Trinajstić information content (AvgIpc) is 2.40. The molecule has 0 bridgehead atoms. The topological polar surface area (TPSA) is 21.3 Å². The molecule has 0 spiro atoms. The predicted octanol–water partition coefficient (Wildman–Crippen LogP) is 3.96. The van der Waals surface area contributed by atoms with Gasteiger partial charge in [-0.05, 0) is 56.8 Å². The highest BCUT2D eigenvalue weighted by atomic mass is 19.1. The minimum atomic E-state index is -0.398. The molecule has 2 rings (SSSR count). The van der Waals surface area contributed by atoms with E-state index in [2.05, 4.69) is 12.2 Å². The lowest BCUT2D eigenvalue weighted by Crippen LogP contribution is -2.43. The Morgan fingerprint density at radius 3 is 2.65 bits per heavy atom. The molecule has 0 radical (unpaired) electrons. The van der Waals surface area contributed by atoms with Crippen LogP contribution in [-0.2, 0) is 4.74 Å². The van der Waals surface area contributed by atoms with Crippen molar-refractivity contribution in [2.45, 2.75) is 50.7 Å². The molecule has 1 aromatic rings. The van der Waals surface area contributed by atoms with E-state index in [1.807, 2.05) is 0 Å². The lowest BCUT2D eigenvalue weighted by Gasteiger charge is -2.43. The Hall–Kier alpha value is -1.00. The molecule has 0 aromatic heterocycles. The van der Waals surface area contributed by atoms with Crippen LogP contribution in [0.25, 0.3) is 0 Å². The molecule has 0 heterocycles. The van der Waals surface area contributed by atoms with Gasteiger partial charge in [0.05, 0.1) is 5.60 Å². The maximum absolute atomic E-state index is 14.0. The molecular weight excluding hydrogens is 260 g/mol. The first-order valence-corrected chi connectivity index (χ1v) is 7.34. The second kappa shape index (κ2) is 6.64. The molecule has 0 amide bonds. The van der Waals surface area contributed by atoms with E-state index in [0.29, 0.717) is 12.0 Å². The fourth-order valence-electron chi connectivity index (χ4n) is 2.83. The van der Waals surface area contributed by atoms with Crippen LogP contribution in [0.3, 0.4) is 0 Å². The van der Waals surface area contributed by atoms with Crippen LogP contribution in [0.2, 0.25) is 0 Å². The zero-order valence-electron chi connectivity index (χ0n) is 12.2. The van der Waals surface area contributed by atoms with Crippen molar-refractivity contribution in [3.63, 3.8) is 0 Å². The van der Waals surface area contributed by atoms with E-state index in [-0.39, 0.29) is 17.5 Å². The molecule has 1 saturated carbocycles. The minimum absolute atomic E-state index is 0.176. The third-order valence-electron chi connectivity index (χ3n) is 4.25. The highest BCUT2D eigenvalue weighted by molar-refractivity contribution is 5.23. The van der Waals surface area contributed by atoms with Crippen molar-refractivity contribution in [2.75, 3.05) is 13.7 Å². The van der Waals surface area contributed by atoms with Crippen molar-refractivity contribution in [3.8, 4) is 0 Å². The van der Waals surface area contributed by atoms with Crippen LogP contribution in [0.1, 0.15) is 50.6 Å². The largest absolute Gasteiger partial charge is 0.378 e. The summed E-state index contributed by atoms with van der Waals surface area (Å²) in [6.07, 6.45) is 4.76. The van der Waals surface area contributed by atoms with E-state index in [0.717, 1.165) is 38.3 Å². The van der Waals surface area contributed by atoms with Crippen LogP contribution in [0.5, 0.6) is 0 Å². The zero-order valence-corrected chi connectivity index (χ0v) is 12.2. The predicted molar refractivity (Wildman–Crippen MR) is 75.6 cm³/mol.